The fraction of sp³-hybridized carbons (Fsp3) is 0.176. The highest BCUT2D eigenvalue weighted by molar-refractivity contribution is 7.94. The van der Waals surface area contributed by atoms with E-state index in [1.54, 1.807) is 48.5 Å². The van der Waals surface area contributed by atoms with Crippen molar-refractivity contribution in [1.29, 1.82) is 0 Å². The highest BCUT2D eigenvalue weighted by Crippen LogP contribution is 2.24. The van der Waals surface area contributed by atoms with Gasteiger partial charge < -0.3 is 10.1 Å². The fourth-order valence-electron chi connectivity index (χ4n) is 2.01. The molecule has 0 spiro atoms. The van der Waals surface area contributed by atoms with Crippen molar-refractivity contribution in [2.24, 2.45) is 10.2 Å². The Morgan fingerprint density at radius 2 is 1.85 bits per heavy atom. The molecule has 0 saturated carbocycles. The van der Waals surface area contributed by atoms with Crippen LogP contribution in [-0.2, 0) is 19.0 Å². The van der Waals surface area contributed by atoms with Crippen molar-refractivity contribution in [3.63, 3.8) is 0 Å². The Morgan fingerprint density at radius 1 is 1.15 bits per heavy atom. The van der Waals surface area contributed by atoms with Gasteiger partial charge in [-0.05, 0) is 43.3 Å². The predicted octanol–water partition coefficient (Wildman–Crippen LogP) is 3.80. The van der Waals surface area contributed by atoms with Crippen LogP contribution in [0.1, 0.15) is 6.92 Å². The molecular weight excluding hydrogens is 374 g/mol. The SMILES string of the molecule is COc1ccccc1NC(=O)C(/N=N/c1ccc(SOOO)cc1)C(C)=O. The van der Waals surface area contributed by atoms with E-state index < -0.39 is 17.7 Å². The second kappa shape index (κ2) is 10.4. The van der Waals surface area contributed by atoms with Crippen molar-refractivity contribution in [3.05, 3.63) is 48.5 Å². The molecule has 0 aliphatic carbocycles. The van der Waals surface area contributed by atoms with Gasteiger partial charge in [-0.1, -0.05) is 17.2 Å². The molecule has 2 rings (SSSR count). The number of anilines is 1. The minimum Gasteiger partial charge on any atom is -0.495 e. The van der Waals surface area contributed by atoms with E-state index in [0.717, 1.165) is 12.0 Å². The number of azo groups is 1. The van der Waals surface area contributed by atoms with Crippen LogP contribution in [0.15, 0.2) is 63.7 Å². The van der Waals surface area contributed by atoms with E-state index in [4.69, 9.17) is 9.99 Å². The van der Waals surface area contributed by atoms with Crippen molar-refractivity contribution in [3.8, 4) is 5.75 Å². The number of methoxy groups -OCH3 is 1. The summed E-state index contributed by atoms with van der Waals surface area (Å²) in [4.78, 5) is 24.9. The van der Waals surface area contributed by atoms with Crippen LogP contribution in [0.4, 0.5) is 11.4 Å². The van der Waals surface area contributed by atoms with Crippen LogP contribution in [0.25, 0.3) is 0 Å². The molecule has 1 amide bonds. The number of amides is 1. The molecule has 9 nitrogen and oxygen atoms in total. The molecule has 2 aromatic carbocycles. The molecular formula is C17H17N3O6S. The first-order valence-electron chi connectivity index (χ1n) is 7.65. The number of carbonyl (C=O) groups excluding carboxylic acids is 2. The quantitative estimate of drug-likeness (QED) is 0.219. The van der Waals surface area contributed by atoms with E-state index in [9.17, 15) is 9.59 Å². The standard InChI is InChI=1S/C17H17N3O6S/c1-11(21)16(17(22)18-14-5-3-4-6-15(14)24-2)20-19-12-7-9-13(10-8-12)27-26-25-23/h3-10,16,23H,1-2H3,(H,18,22)/b20-19+. The van der Waals surface area contributed by atoms with E-state index in [-0.39, 0.29) is 0 Å². The number of ketones is 1. The molecule has 2 N–H and O–H groups in total. The number of hydrogen-bond acceptors (Lipinski definition) is 9. The number of carbonyl (C=O) groups is 2. The molecule has 2 aromatic rings. The van der Waals surface area contributed by atoms with Gasteiger partial charge in [-0.3, -0.25) is 9.59 Å². The summed E-state index contributed by atoms with van der Waals surface area (Å²) in [5.74, 6) is -0.601. The lowest BCUT2D eigenvalue weighted by atomic mass is 10.2. The molecule has 0 saturated heterocycles. The number of nitrogens with one attached hydrogen (secondary N) is 1. The first-order valence-corrected chi connectivity index (χ1v) is 8.39. The van der Waals surface area contributed by atoms with Crippen LogP contribution < -0.4 is 10.1 Å². The Labute approximate surface area is 159 Å². The van der Waals surface area contributed by atoms with Crippen LogP contribution in [0.3, 0.4) is 0 Å². The number of para-hydroxylation sites is 2. The van der Waals surface area contributed by atoms with Crippen LogP contribution in [-0.4, -0.2) is 30.1 Å². The van der Waals surface area contributed by atoms with Gasteiger partial charge in [-0.2, -0.15) is 10.2 Å². The van der Waals surface area contributed by atoms with Gasteiger partial charge in [0, 0.05) is 4.90 Å². The van der Waals surface area contributed by atoms with E-state index in [2.05, 4.69) is 24.9 Å². The summed E-state index contributed by atoms with van der Waals surface area (Å²) in [5, 5.41) is 22.0. The first-order chi connectivity index (χ1) is 13.0. The van der Waals surface area contributed by atoms with Crippen LogP contribution in [0.5, 0.6) is 5.75 Å². The molecule has 0 bridgehead atoms. The Hall–Kier alpha value is -2.79. The maximum Gasteiger partial charge on any atom is 0.258 e. The number of benzene rings is 2. The van der Waals surface area contributed by atoms with Gasteiger partial charge in [0.05, 0.1) is 30.5 Å². The summed E-state index contributed by atoms with van der Waals surface area (Å²) < 4.78 is 9.47. The molecule has 0 aliphatic rings. The maximum absolute atomic E-state index is 12.4. The lowest BCUT2D eigenvalue weighted by Gasteiger charge is -2.12. The maximum atomic E-state index is 12.4. The monoisotopic (exact) mass is 391 g/mol. The summed E-state index contributed by atoms with van der Waals surface area (Å²) in [7, 11) is 1.48. The zero-order valence-electron chi connectivity index (χ0n) is 14.5. The van der Waals surface area contributed by atoms with Crippen LogP contribution in [0, 0.1) is 0 Å². The second-order valence-corrected chi connectivity index (χ2v) is 5.91. The number of rotatable bonds is 9. The van der Waals surface area contributed by atoms with Gasteiger partial charge in [0.25, 0.3) is 5.91 Å². The van der Waals surface area contributed by atoms with Crippen molar-refractivity contribution in [1.82, 2.24) is 0 Å². The minimum atomic E-state index is -1.30. The number of Topliss-reactive ketones (excluding diaryl/α,β-unsaturated/α-hetero) is 1. The van der Waals surface area contributed by atoms with Gasteiger partial charge in [-0.25, -0.2) is 5.26 Å². The topological polar surface area (TPSA) is 119 Å². The first kappa shape index (κ1) is 20.5. The van der Waals surface area contributed by atoms with Crippen LogP contribution >= 0.6 is 12.0 Å². The Bertz CT molecular complexity index is 813. The summed E-state index contributed by atoms with van der Waals surface area (Å²) in [6.07, 6.45) is 0. The molecule has 10 heteroatoms. The lowest BCUT2D eigenvalue weighted by Crippen LogP contribution is -2.31. The Balaban J connectivity index is 2.09. The van der Waals surface area contributed by atoms with Gasteiger partial charge in [0.1, 0.15) is 5.75 Å². The van der Waals surface area contributed by atoms with Crippen molar-refractivity contribution in [2.75, 3.05) is 12.4 Å². The van der Waals surface area contributed by atoms with Crippen molar-refractivity contribution < 1.29 is 29.0 Å². The second-order valence-electron chi connectivity index (χ2n) is 5.14. The highest BCUT2D eigenvalue weighted by atomic mass is 32.2. The molecule has 0 heterocycles. The average Bonchev–Trinajstić information content (AvgIpc) is 2.67. The highest BCUT2D eigenvalue weighted by Gasteiger charge is 2.24. The summed E-state index contributed by atoms with van der Waals surface area (Å²) in [6.45, 7) is 1.26. The molecule has 27 heavy (non-hydrogen) atoms. The third kappa shape index (κ3) is 6.15. The normalized spacial score (nSPS) is 12.0. The van der Waals surface area contributed by atoms with E-state index in [1.807, 2.05) is 0 Å². The summed E-state index contributed by atoms with van der Waals surface area (Å²) in [6, 6.07) is 12.0. The van der Waals surface area contributed by atoms with Crippen LogP contribution in [0.2, 0.25) is 0 Å². The van der Waals surface area contributed by atoms with Gasteiger partial charge in [0.15, 0.2) is 5.78 Å². The summed E-state index contributed by atoms with van der Waals surface area (Å²) >= 11 is 0.793. The Morgan fingerprint density at radius 3 is 2.48 bits per heavy atom. The van der Waals surface area contributed by atoms with Gasteiger partial charge in [0.2, 0.25) is 6.04 Å². The van der Waals surface area contributed by atoms with Crippen molar-refractivity contribution >= 4 is 35.1 Å². The number of ether oxygens (including phenoxy) is 1. The zero-order valence-corrected chi connectivity index (χ0v) is 15.3. The van der Waals surface area contributed by atoms with E-state index in [1.165, 1.54) is 14.0 Å². The summed E-state index contributed by atoms with van der Waals surface area (Å²) in [5.41, 5.74) is 0.861. The molecule has 142 valence electrons. The Kier molecular flexibility index (Phi) is 7.89. The van der Waals surface area contributed by atoms with Gasteiger partial charge >= 0.3 is 0 Å². The zero-order chi connectivity index (χ0) is 19.6. The lowest BCUT2D eigenvalue weighted by molar-refractivity contribution is -0.432. The largest absolute Gasteiger partial charge is 0.495 e. The predicted molar refractivity (Wildman–Crippen MR) is 97.7 cm³/mol. The minimum absolute atomic E-state index is 0.430. The van der Waals surface area contributed by atoms with Crippen molar-refractivity contribution in [2.45, 2.75) is 17.9 Å². The average molecular weight is 391 g/mol. The van der Waals surface area contributed by atoms with E-state index >= 15 is 0 Å². The smallest absolute Gasteiger partial charge is 0.258 e. The third-order valence-corrected chi connectivity index (χ3v) is 3.88. The van der Waals surface area contributed by atoms with Gasteiger partial charge in [-0.15, -0.1) is 4.33 Å². The van der Waals surface area contributed by atoms with E-state index in [0.29, 0.717) is 22.0 Å². The molecule has 1 unspecified atom stereocenters. The molecule has 0 radical (unpaired) electrons. The fourth-order valence-corrected chi connectivity index (χ4v) is 2.37. The molecule has 0 fully saturated rings. The number of hydrogen-bond donors (Lipinski definition) is 2. The molecule has 1 atom stereocenters. The third-order valence-electron chi connectivity index (χ3n) is 3.28. The molecule has 0 aliphatic heterocycles. The molecule has 0 aromatic heterocycles. The number of nitrogens with zero attached hydrogens (tertiary/aromatic N) is 2.